The van der Waals surface area contributed by atoms with Gasteiger partial charge < -0.3 is 15.9 Å². The predicted octanol–water partition coefficient (Wildman–Crippen LogP) is 0.720. The van der Waals surface area contributed by atoms with Gasteiger partial charge in [-0.15, -0.1) is 0 Å². The van der Waals surface area contributed by atoms with Crippen molar-refractivity contribution in [2.45, 2.75) is 25.3 Å². The summed E-state index contributed by atoms with van der Waals surface area (Å²) in [6.45, 7) is 0. The molecule has 0 bridgehead atoms. The Labute approximate surface area is 53.3 Å². The maximum Gasteiger partial charge on any atom is 0.503 e. The van der Waals surface area contributed by atoms with E-state index in [1.165, 1.54) is 19.3 Å². The molecular formula is C5H11NO3. The first-order chi connectivity index (χ1) is 4.13. The van der Waals surface area contributed by atoms with Gasteiger partial charge in [0, 0.05) is 6.04 Å². The first-order valence-corrected chi connectivity index (χ1v) is 2.80. The van der Waals surface area contributed by atoms with E-state index < -0.39 is 6.16 Å². The van der Waals surface area contributed by atoms with E-state index in [0.717, 1.165) is 0 Å². The Balaban J connectivity index is 0.000000148. The number of hydrogen-bond acceptors (Lipinski definition) is 2. The molecule has 0 amide bonds. The minimum atomic E-state index is -1.83. The molecule has 1 fully saturated rings. The number of carboxylic acid groups (broad SMARTS) is 2. The van der Waals surface area contributed by atoms with E-state index in [4.69, 9.17) is 20.7 Å². The molecule has 0 heterocycles. The summed E-state index contributed by atoms with van der Waals surface area (Å²) in [6, 6.07) is 0.565. The summed E-state index contributed by atoms with van der Waals surface area (Å²) in [5.41, 5.74) is 5.38. The van der Waals surface area contributed by atoms with E-state index >= 15 is 0 Å². The third-order valence-electron chi connectivity index (χ3n) is 1.15. The van der Waals surface area contributed by atoms with Crippen molar-refractivity contribution in [1.29, 1.82) is 0 Å². The zero-order chi connectivity index (χ0) is 7.28. The smallest absolute Gasteiger partial charge is 0.450 e. The summed E-state index contributed by atoms with van der Waals surface area (Å²) in [6.07, 6.45) is 2.06. The van der Waals surface area contributed by atoms with Crippen LogP contribution in [-0.4, -0.2) is 22.4 Å². The van der Waals surface area contributed by atoms with Crippen molar-refractivity contribution in [3.63, 3.8) is 0 Å². The van der Waals surface area contributed by atoms with E-state index in [2.05, 4.69) is 0 Å². The van der Waals surface area contributed by atoms with Gasteiger partial charge in [0.2, 0.25) is 0 Å². The first kappa shape index (κ1) is 8.23. The molecule has 54 valence electrons. The fraction of sp³-hybridized carbons (Fsp3) is 0.800. The molecule has 0 saturated heterocycles. The van der Waals surface area contributed by atoms with Gasteiger partial charge in [0.1, 0.15) is 0 Å². The lowest BCUT2D eigenvalue weighted by Gasteiger charge is -2.18. The van der Waals surface area contributed by atoms with E-state index in [9.17, 15) is 0 Å². The van der Waals surface area contributed by atoms with Crippen LogP contribution in [0.4, 0.5) is 4.79 Å². The van der Waals surface area contributed by atoms with Crippen LogP contribution in [-0.2, 0) is 0 Å². The Morgan fingerprint density at radius 1 is 1.44 bits per heavy atom. The highest BCUT2D eigenvalue weighted by molar-refractivity contribution is 5.53. The molecule has 1 aliphatic carbocycles. The van der Waals surface area contributed by atoms with Crippen molar-refractivity contribution in [3.8, 4) is 0 Å². The molecule has 1 aliphatic rings. The van der Waals surface area contributed by atoms with Crippen molar-refractivity contribution < 1.29 is 15.0 Å². The van der Waals surface area contributed by atoms with Gasteiger partial charge in [0.05, 0.1) is 0 Å². The SMILES string of the molecule is NC1CCC1.O=C(O)O. The quantitative estimate of drug-likeness (QED) is 0.454. The molecule has 1 rings (SSSR count). The maximum atomic E-state index is 8.56. The number of rotatable bonds is 0. The molecule has 1 saturated carbocycles. The minimum Gasteiger partial charge on any atom is -0.450 e. The molecule has 0 aromatic heterocycles. The second-order valence-electron chi connectivity index (χ2n) is 1.97. The Morgan fingerprint density at radius 3 is 1.67 bits per heavy atom. The minimum absolute atomic E-state index is 0.565. The molecule has 0 spiro atoms. The monoisotopic (exact) mass is 133 g/mol. The highest BCUT2D eigenvalue weighted by Crippen LogP contribution is 2.14. The number of carbonyl (C=O) groups is 1. The lowest BCUT2D eigenvalue weighted by molar-refractivity contribution is 0.137. The molecule has 0 unspecified atom stereocenters. The van der Waals surface area contributed by atoms with Gasteiger partial charge in [0.25, 0.3) is 0 Å². The number of hydrogen-bond donors (Lipinski definition) is 3. The molecule has 0 aromatic carbocycles. The van der Waals surface area contributed by atoms with E-state index in [-0.39, 0.29) is 0 Å². The van der Waals surface area contributed by atoms with Crippen LogP contribution >= 0.6 is 0 Å². The van der Waals surface area contributed by atoms with Crippen molar-refractivity contribution in [1.82, 2.24) is 0 Å². The summed E-state index contributed by atoms with van der Waals surface area (Å²) < 4.78 is 0. The molecular weight excluding hydrogens is 122 g/mol. The maximum absolute atomic E-state index is 8.56. The molecule has 9 heavy (non-hydrogen) atoms. The molecule has 0 aliphatic heterocycles. The highest BCUT2D eigenvalue weighted by Gasteiger charge is 2.09. The zero-order valence-electron chi connectivity index (χ0n) is 5.08. The summed E-state index contributed by atoms with van der Waals surface area (Å²) in [5.74, 6) is 0. The van der Waals surface area contributed by atoms with E-state index in [1.807, 2.05) is 0 Å². The van der Waals surface area contributed by atoms with Gasteiger partial charge in [-0.2, -0.15) is 0 Å². The number of nitrogens with two attached hydrogens (primary N) is 1. The topological polar surface area (TPSA) is 83.6 Å². The molecule has 4 heteroatoms. The largest absolute Gasteiger partial charge is 0.503 e. The molecule has 0 radical (unpaired) electrons. The summed E-state index contributed by atoms with van der Waals surface area (Å²) in [7, 11) is 0. The summed E-state index contributed by atoms with van der Waals surface area (Å²) in [4.78, 5) is 8.56. The van der Waals surface area contributed by atoms with Gasteiger partial charge in [-0.25, -0.2) is 4.79 Å². The van der Waals surface area contributed by atoms with Gasteiger partial charge in [-0.3, -0.25) is 0 Å². The van der Waals surface area contributed by atoms with Crippen LogP contribution < -0.4 is 5.73 Å². The van der Waals surface area contributed by atoms with Crippen LogP contribution in [0.3, 0.4) is 0 Å². The van der Waals surface area contributed by atoms with Gasteiger partial charge in [-0.05, 0) is 12.8 Å². The molecule has 0 atom stereocenters. The molecule has 0 aromatic rings. The zero-order valence-corrected chi connectivity index (χ0v) is 5.08. The van der Waals surface area contributed by atoms with Crippen LogP contribution in [0.15, 0.2) is 0 Å². The van der Waals surface area contributed by atoms with E-state index in [0.29, 0.717) is 6.04 Å². The third kappa shape index (κ3) is 7.23. The second kappa shape index (κ2) is 4.14. The molecule has 4 N–H and O–H groups in total. The Kier molecular flexibility index (Phi) is 3.79. The Hall–Kier alpha value is -0.770. The van der Waals surface area contributed by atoms with Gasteiger partial charge in [0.15, 0.2) is 0 Å². The normalized spacial score (nSPS) is 17.0. The fourth-order valence-electron chi connectivity index (χ4n) is 0.440. The van der Waals surface area contributed by atoms with Crippen molar-refractivity contribution in [2.75, 3.05) is 0 Å². The Morgan fingerprint density at radius 2 is 1.67 bits per heavy atom. The predicted molar refractivity (Wildman–Crippen MR) is 32.5 cm³/mol. The van der Waals surface area contributed by atoms with Crippen molar-refractivity contribution in [2.24, 2.45) is 5.73 Å². The first-order valence-electron chi connectivity index (χ1n) is 2.80. The van der Waals surface area contributed by atoms with E-state index in [1.54, 1.807) is 0 Å². The highest BCUT2D eigenvalue weighted by atomic mass is 16.6. The van der Waals surface area contributed by atoms with Crippen LogP contribution in [0, 0.1) is 0 Å². The second-order valence-corrected chi connectivity index (χ2v) is 1.97. The average molecular weight is 133 g/mol. The third-order valence-corrected chi connectivity index (χ3v) is 1.15. The summed E-state index contributed by atoms with van der Waals surface area (Å²) in [5, 5.41) is 13.9. The van der Waals surface area contributed by atoms with Crippen LogP contribution in [0.2, 0.25) is 0 Å². The van der Waals surface area contributed by atoms with Crippen molar-refractivity contribution >= 4 is 6.16 Å². The standard InChI is InChI=1S/C4H9N.CH2O3/c5-4-2-1-3-4;2-1(3)4/h4H,1-3,5H2;(H2,2,3,4). The van der Waals surface area contributed by atoms with Crippen LogP contribution in [0.25, 0.3) is 0 Å². The van der Waals surface area contributed by atoms with Crippen LogP contribution in [0.5, 0.6) is 0 Å². The molecule has 4 nitrogen and oxygen atoms in total. The summed E-state index contributed by atoms with van der Waals surface area (Å²) >= 11 is 0. The Bertz CT molecular complexity index is 86.2. The lowest BCUT2D eigenvalue weighted by Crippen LogP contribution is -2.27. The van der Waals surface area contributed by atoms with Crippen LogP contribution in [0.1, 0.15) is 19.3 Å². The fourth-order valence-corrected chi connectivity index (χ4v) is 0.440. The average Bonchev–Trinajstić information content (AvgIpc) is 1.59. The van der Waals surface area contributed by atoms with Gasteiger partial charge >= 0.3 is 6.16 Å². The van der Waals surface area contributed by atoms with Crippen molar-refractivity contribution in [3.05, 3.63) is 0 Å². The van der Waals surface area contributed by atoms with Gasteiger partial charge in [-0.1, -0.05) is 6.42 Å². The lowest BCUT2D eigenvalue weighted by atomic mass is 9.95.